The van der Waals surface area contributed by atoms with E-state index in [-0.39, 0.29) is 17.9 Å². The van der Waals surface area contributed by atoms with Gasteiger partial charge in [0.15, 0.2) is 0 Å². The molecule has 0 aliphatic carbocycles. The highest BCUT2D eigenvalue weighted by molar-refractivity contribution is 6.76. The Morgan fingerprint density at radius 3 is 2.64 bits per heavy atom. The normalized spacial score (nSPS) is 12.5. The maximum absolute atomic E-state index is 12.9. The molecule has 0 unspecified atom stereocenters. The number of rotatable bonds is 11. The third-order valence-corrected chi connectivity index (χ3v) is 7.66. The highest BCUT2D eigenvalue weighted by Crippen LogP contribution is 2.24. The van der Waals surface area contributed by atoms with E-state index in [1.807, 2.05) is 29.8 Å². The topological polar surface area (TPSA) is 97.8 Å². The molecule has 10 heteroatoms. The number of hydrogen-bond donors (Lipinski definition) is 1. The van der Waals surface area contributed by atoms with Gasteiger partial charge in [-0.05, 0) is 31.2 Å². The summed E-state index contributed by atoms with van der Waals surface area (Å²) in [6.07, 6.45) is 3.63. The van der Waals surface area contributed by atoms with Crippen LogP contribution in [0.1, 0.15) is 48.6 Å². The molecule has 2 aromatic heterocycles. The lowest BCUT2D eigenvalue weighted by Gasteiger charge is -2.16. The van der Waals surface area contributed by atoms with Gasteiger partial charge in [0.05, 0.1) is 22.8 Å². The number of nitriles is 1. The maximum atomic E-state index is 12.9. The van der Waals surface area contributed by atoms with E-state index in [4.69, 9.17) is 21.6 Å². The molecule has 8 nitrogen and oxygen atoms in total. The minimum absolute atomic E-state index is 0.169. The van der Waals surface area contributed by atoms with Crippen molar-refractivity contribution < 1.29 is 9.53 Å². The van der Waals surface area contributed by atoms with Gasteiger partial charge in [-0.2, -0.15) is 10.4 Å². The second-order valence-electron chi connectivity index (χ2n) is 10.6. The number of benzene rings is 1. The highest BCUT2D eigenvalue weighted by atomic mass is 35.5. The summed E-state index contributed by atoms with van der Waals surface area (Å²) in [6, 6.07) is 10.1. The van der Waals surface area contributed by atoms with Crippen molar-refractivity contribution in [3.63, 3.8) is 0 Å². The van der Waals surface area contributed by atoms with Crippen LogP contribution in [0.2, 0.25) is 30.7 Å². The molecule has 36 heavy (non-hydrogen) atoms. The summed E-state index contributed by atoms with van der Waals surface area (Å²) in [7, 11) is -1.16. The van der Waals surface area contributed by atoms with E-state index >= 15 is 0 Å². The number of carbonyl (C=O) groups is 1. The molecule has 2 heterocycles. The molecule has 0 spiro atoms. The zero-order valence-corrected chi connectivity index (χ0v) is 23.6. The third kappa shape index (κ3) is 7.53. The minimum Gasteiger partial charge on any atom is -0.361 e. The summed E-state index contributed by atoms with van der Waals surface area (Å²) in [5, 5.41) is 17.1. The second-order valence-corrected chi connectivity index (χ2v) is 16.6. The van der Waals surface area contributed by atoms with Gasteiger partial charge in [-0.1, -0.05) is 51.2 Å². The van der Waals surface area contributed by atoms with Crippen molar-refractivity contribution in [2.24, 2.45) is 0 Å². The molecule has 0 fully saturated rings. The van der Waals surface area contributed by atoms with E-state index in [0.29, 0.717) is 36.2 Å². The van der Waals surface area contributed by atoms with Crippen LogP contribution in [-0.2, 0) is 18.0 Å². The summed E-state index contributed by atoms with van der Waals surface area (Å²) in [5.74, 6) is 0.776. The standard InChI is InChI=1S/C26H35ClN6O2Si/c1-18(2)25-30-24(16-32(25)17-35-11-12-36(4,5)6)26(34)29-19(3)15-33-10-9-23(31-33)20-7-8-21(14-28)22(27)13-20/h7-10,13,16,18-19H,11-12,15,17H2,1-6H3,(H,29,34)/t19-/m0/s1. The first-order valence-electron chi connectivity index (χ1n) is 12.2. The number of nitrogens with zero attached hydrogens (tertiary/aromatic N) is 5. The molecule has 0 radical (unpaired) electrons. The van der Waals surface area contributed by atoms with Crippen molar-refractivity contribution in [3.05, 3.63) is 58.8 Å². The number of carbonyl (C=O) groups excluding carboxylic acids is 1. The Kier molecular flexibility index (Phi) is 9.12. The molecule has 1 amide bonds. The predicted molar refractivity (Wildman–Crippen MR) is 145 cm³/mol. The molecule has 192 valence electrons. The third-order valence-electron chi connectivity index (χ3n) is 5.65. The zero-order valence-electron chi connectivity index (χ0n) is 21.9. The van der Waals surface area contributed by atoms with Gasteiger partial charge < -0.3 is 14.6 Å². The highest BCUT2D eigenvalue weighted by Gasteiger charge is 2.19. The van der Waals surface area contributed by atoms with Crippen LogP contribution >= 0.6 is 11.6 Å². The van der Waals surface area contributed by atoms with Gasteiger partial charge in [-0.25, -0.2) is 4.98 Å². The number of aromatic nitrogens is 4. The van der Waals surface area contributed by atoms with E-state index < -0.39 is 8.07 Å². The smallest absolute Gasteiger partial charge is 0.271 e. The SMILES string of the molecule is CC(C)c1nc(C(=O)N[C@@H](C)Cn2ccc(-c3ccc(C#N)c(Cl)c3)n2)cn1COCC[Si](C)(C)C. The lowest BCUT2D eigenvalue weighted by Crippen LogP contribution is -2.36. The van der Waals surface area contributed by atoms with E-state index in [0.717, 1.165) is 23.1 Å². The van der Waals surface area contributed by atoms with Crippen LogP contribution in [0.15, 0.2) is 36.7 Å². The Morgan fingerprint density at radius 2 is 2.00 bits per heavy atom. The Morgan fingerprint density at radius 1 is 1.25 bits per heavy atom. The van der Waals surface area contributed by atoms with Crippen LogP contribution < -0.4 is 5.32 Å². The molecule has 1 N–H and O–H groups in total. The van der Waals surface area contributed by atoms with E-state index in [1.54, 1.807) is 23.0 Å². The number of hydrogen-bond acceptors (Lipinski definition) is 5. The monoisotopic (exact) mass is 526 g/mol. The van der Waals surface area contributed by atoms with Crippen LogP contribution in [0.25, 0.3) is 11.3 Å². The first-order chi connectivity index (χ1) is 17.0. The molecule has 1 aromatic carbocycles. The fourth-order valence-corrected chi connectivity index (χ4v) is 4.63. The Balaban J connectivity index is 1.60. The Bertz CT molecular complexity index is 1240. The largest absolute Gasteiger partial charge is 0.361 e. The first kappa shape index (κ1) is 27.7. The minimum atomic E-state index is -1.16. The van der Waals surface area contributed by atoms with Gasteiger partial charge in [0, 0.05) is 44.6 Å². The maximum Gasteiger partial charge on any atom is 0.271 e. The van der Waals surface area contributed by atoms with Gasteiger partial charge in [-0.3, -0.25) is 9.48 Å². The Labute approximate surface area is 219 Å². The predicted octanol–water partition coefficient (Wildman–Crippen LogP) is 5.53. The van der Waals surface area contributed by atoms with Crippen LogP contribution in [0.5, 0.6) is 0 Å². The van der Waals surface area contributed by atoms with Gasteiger partial charge in [0.25, 0.3) is 5.91 Å². The van der Waals surface area contributed by atoms with Crippen LogP contribution in [-0.4, -0.2) is 46.0 Å². The molecule has 0 bridgehead atoms. The van der Waals surface area contributed by atoms with Crippen molar-refractivity contribution in [1.82, 2.24) is 24.6 Å². The molecular formula is C26H35ClN6O2Si. The average Bonchev–Trinajstić information content (AvgIpc) is 3.43. The van der Waals surface area contributed by atoms with Gasteiger partial charge in [0.1, 0.15) is 24.3 Å². The summed E-state index contributed by atoms with van der Waals surface area (Å²) < 4.78 is 9.59. The van der Waals surface area contributed by atoms with Crippen molar-refractivity contribution in [2.75, 3.05) is 6.61 Å². The quantitative estimate of drug-likeness (QED) is 0.262. The summed E-state index contributed by atoms with van der Waals surface area (Å²) in [6.45, 7) is 14.6. The number of amides is 1. The lowest BCUT2D eigenvalue weighted by atomic mass is 10.1. The molecule has 1 atom stereocenters. The van der Waals surface area contributed by atoms with E-state index in [2.05, 4.69) is 55.0 Å². The van der Waals surface area contributed by atoms with Crippen molar-refractivity contribution in [3.8, 4) is 17.3 Å². The molecule has 3 aromatic rings. The molecular weight excluding hydrogens is 492 g/mol. The van der Waals surface area contributed by atoms with Gasteiger partial charge in [0.2, 0.25) is 0 Å². The van der Waals surface area contributed by atoms with Crippen LogP contribution in [0.4, 0.5) is 0 Å². The van der Waals surface area contributed by atoms with Gasteiger partial charge in [-0.15, -0.1) is 0 Å². The summed E-state index contributed by atoms with van der Waals surface area (Å²) in [5.41, 5.74) is 2.38. The number of nitrogens with one attached hydrogen (secondary N) is 1. The first-order valence-corrected chi connectivity index (χ1v) is 16.2. The molecule has 0 saturated heterocycles. The molecule has 0 aliphatic rings. The number of halogens is 1. The Hall–Kier alpha value is -2.93. The molecule has 3 rings (SSSR count). The average molecular weight is 527 g/mol. The van der Waals surface area contributed by atoms with Crippen LogP contribution in [0.3, 0.4) is 0 Å². The van der Waals surface area contributed by atoms with E-state index in [9.17, 15) is 4.79 Å². The molecule has 0 aliphatic heterocycles. The number of ether oxygens (including phenoxy) is 1. The van der Waals surface area contributed by atoms with Crippen molar-refractivity contribution >= 4 is 25.6 Å². The lowest BCUT2D eigenvalue weighted by molar-refractivity contribution is 0.0844. The van der Waals surface area contributed by atoms with E-state index in [1.165, 1.54) is 0 Å². The second kappa shape index (κ2) is 11.9. The summed E-state index contributed by atoms with van der Waals surface area (Å²) in [4.78, 5) is 17.5. The van der Waals surface area contributed by atoms with Crippen molar-refractivity contribution in [1.29, 1.82) is 5.26 Å². The summed E-state index contributed by atoms with van der Waals surface area (Å²) >= 11 is 6.15. The van der Waals surface area contributed by atoms with Gasteiger partial charge >= 0.3 is 0 Å². The fourth-order valence-electron chi connectivity index (χ4n) is 3.65. The van der Waals surface area contributed by atoms with Crippen molar-refractivity contribution in [2.45, 2.75) is 71.7 Å². The molecule has 0 saturated carbocycles. The number of imidazole rings is 1. The fraction of sp³-hybridized carbons (Fsp3) is 0.462. The van der Waals surface area contributed by atoms with Crippen LogP contribution in [0, 0.1) is 11.3 Å². The zero-order chi connectivity index (χ0) is 26.5.